The highest BCUT2D eigenvalue weighted by Crippen LogP contribution is 2.31. The summed E-state index contributed by atoms with van der Waals surface area (Å²) in [5.41, 5.74) is 0.738. The van der Waals surface area contributed by atoms with Gasteiger partial charge in [0.15, 0.2) is 0 Å². The van der Waals surface area contributed by atoms with E-state index in [1.165, 1.54) is 0 Å². The van der Waals surface area contributed by atoms with Crippen molar-refractivity contribution in [2.75, 3.05) is 27.7 Å². The number of methoxy groups -OCH3 is 1. The normalized spacial score (nSPS) is 20.3. The Bertz CT molecular complexity index is 1230. The fourth-order valence-electron chi connectivity index (χ4n) is 7.36. The Morgan fingerprint density at radius 2 is 1.54 bits per heavy atom. The first-order chi connectivity index (χ1) is 23.5. The second-order valence-electron chi connectivity index (χ2n) is 15.1. The molecule has 1 aromatic rings. The lowest BCUT2D eigenvalue weighted by atomic mass is 9.86. The zero-order valence-electron chi connectivity index (χ0n) is 32.7. The van der Waals surface area contributed by atoms with E-state index >= 15 is 0 Å². The van der Waals surface area contributed by atoms with E-state index in [4.69, 9.17) is 4.74 Å². The SMILES string of the molecule is CC[C@H](C)C([C@@H](CC(=O)N1CCC[C@H]1[C@H](C)[C@@H](C)C(=O)N[C@H](C)[C@@H](O)c1ccccc1)OC)N(C)C(=O)[C@@H](NC(=O)[C@@H](NC)C(C)C)C(C)C. The molecule has 284 valence electrons. The van der Waals surface area contributed by atoms with Crippen LogP contribution in [0.3, 0.4) is 0 Å². The van der Waals surface area contributed by atoms with Gasteiger partial charge >= 0.3 is 0 Å². The van der Waals surface area contributed by atoms with Gasteiger partial charge in [-0.15, -0.1) is 0 Å². The summed E-state index contributed by atoms with van der Waals surface area (Å²) in [6.07, 6.45) is 1.06. The molecular weight excluding hydrogens is 634 g/mol. The molecule has 0 aliphatic carbocycles. The lowest BCUT2D eigenvalue weighted by Gasteiger charge is -2.41. The summed E-state index contributed by atoms with van der Waals surface area (Å²) in [5.74, 6) is -1.29. The van der Waals surface area contributed by atoms with Gasteiger partial charge in [-0.1, -0.05) is 92.1 Å². The van der Waals surface area contributed by atoms with Crippen LogP contribution in [-0.2, 0) is 23.9 Å². The quantitative estimate of drug-likeness (QED) is 0.170. The third kappa shape index (κ3) is 11.0. The molecule has 1 saturated heterocycles. The maximum Gasteiger partial charge on any atom is 0.245 e. The Kier molecular flexibility index (Phi) is 17.4. The Morgan fingerprint density at radius 3 is 2.06 bits per heavy atom. The number of nitrogens with one attached hydrogen (secondary N) is 3. The second-order valence-corrected chi connectivity index (χ2v) is 15.1. The highest BCUT2D eigenvalue weighted by atomic mass is 16.5. The maximum absolute atomic E-state index is 14.1. The lowest BCUT2D eigenvalue weighted by molar-refractivity contribution is -0.146. The van der Waals surface area contributed by atoms with Crippen molar-refractivity contribution in [2.24, 2.45) is 29.6 Å². The minimum Gasteiger partial charge on any atom is -0.386 e. The van der Waals surface area contributed by atoms with Crippen LogP contribution in [0.2, 0.25) is 0 Å². The van der Waals surface area contributed by atoms with Gasteiger partial charge < -0.3 is 35.6 Å². The second kappa shape index (κ2) is 20.1. The maximum atomic E-state index is 14.1. The molecule has 0 spiro atoms. The van der Waals surface area contributed by atoms with Crippen LogP contribution in [-0.4, -0.2) is 103 Å². The number of amides is 4. The van der Waals surface area contributed by atoms with Gasteiger partial charge in [0.1, 0.15) is 6.04 Å². The summed E-state index contributed by atoms with van der Waals surface area (Å²) < 4.78 is 6.00. The number of aliphatic hydroxyl groups is 1. The van der Waals surface area contributed by atoms with Crippen LogP contribution in [0.15, 0.2) is 30.3 Å². The van der Waals surface area contributed by atoms with E-state index in [0.717, 1.165) is 24.8 Å². The predicted molar refractivity (Wildman–Crippen MR) is 198 cm³/mol. The first-order valence-electron chi connectivity index (χ1n) is 18.6. The van der Waals surface area contributed by atoms with E-state index in [1.807, 2.05) is 76.8 Å². The van der Waals surface area contributed by atoms with Gasteiger partial charge in [0.05, 0.1) is 36.8 Å². The molecule has 1 aliphatic heterocycles. The largest absolute Gasteiger partial charge is 0.386 e. The van der Waals surface area contributed by atoms with E-state index in [1.54, 1.807) is 33.0 Å². The number of nitrogens with zero attached hydrogens (tertiary/aromatic N) is 2. The molecule has 0 aromatic heterocycles. The third-order valence-electron chi connectivity index (χ3n) is 11.0. The fraction of sp³-hybridized carbons (Fsp3) is 0.744. The van der Waals surface area contributed by atoms with Crippen LogP contribution in [0.5, 0.6) is 0 Å². The molecule has 1 unspecified atom stereocenters. The summed E-state index contributed by atoms with van der Waals surface area (Å²) in [5, 5.41) is 19.8. The number of hydrogen-bond donors (Lipinski definition) is 4. The molecule has 1 heterocycles. The fourth-order valence-corrected chi connectivity index (χ4v) is 7.36. The van der Waals surface area contributed by atoms with E-state index in [-0.39, 0.29) is 59.8 Å². The standard InChI is InChI=1S/C39H67N5O6/c1-13-25(6)35(43(11)39(49)34(24(4)5)42-38(48)33(40-10)23(2)3)31(50-12)22-32(45)44-21-17-20-30(44)26(7)27(8)37(47)41-28(9)36(46)29-18-15-14-16-19-29/h14-16,18-19,23-28,30-31,33-36,40,46H,13,17,20-22H2,1-12H3,(H,41,47)(H,42,48)/t25-,26+,27+,28+,30-,31+,33-,34-,35?,36+/m0/s1. The Labute approximate surface area is 301 Å². The zero-order valence-corrected chi connectivity index (χ0v) is 32.7. The first kappa shape index (κ1) is 43.1. The van der Waals surface area contributed by atoms with E-state index < -0.39 is 42.3 Å². The molecule has 0 bridgehead atoms. The van der Waals surface area contributed by atoms with Crippen LogP contribution in [0.4, 0.5) is 0 Å². The molecule has 4 N–H and O–H groups in total. The number of aliphatic hydroxyl groups excluding tert-OH is 1. The number of benzene rings is 1. The van der Waals surface area contributed by atoms with Gasteiger partial charge in [0.25, 0.3) is 0 Å². The minimum atomic E-state index is -0.834. The van der Waals surface area contributed by atoms with Gasteiger partial charge in [0, 0.05) is 32.7 Å². The van der Waals surface area contributed by atoms with Crippen LogP contribution < -0.4 is 16.0 Å². The minimum absolute atomic E-state index is 0.0103. The van der Waals surface area contributed by atoms with Crippen molar-refractivity contribution in [1.82, 2.24) is 25.8 Å². The first-order valence-corrected chi connectivity index (χ1v) is 18.6. The highest BCUT2D eigenvalue weighted by molar-refractivity contribution is 5.90. The number of hydrogen-bond acceptors (Lipinski definition) is 7. The van der Waals surface area contributed by atoms with Crippen molar-refractivity contribution in [2.45, 2.75) is 130 Å². The average molecular weight is 702 g/mol. The molecule has 0 radical (unpaired) electrons. The Hall–Kier alpha value is -3.02. The van der Waals surface area contributed by atoms with E-state index in [2.05, 4.69) is 29.8 Å². The monoisotopic (exact) mass is 702 g/mol. The molecule has 2 rings (SSSR count). The van der Waals surface area contributed by atoms with Gasteiger partial charge in [-0.05, 0) is 56.0 Å². The van der Waals surface area contributed by atoms with Crippen molar-refractivity contribution in [3.8, 4) is 0 Å². The topological polar surface area (TPSA) is 140 Å². The number of carbonyl (C=O) groups excluding carboxylic acids is 4. The molecule has 10 atom stereocenters. The average Bonchev–Trinajstić information content (AvgIpc) is 3.59. The molecular formula is C39H67N5O6. The van der Waals surface area contributed by atoms with E-state index in [9.17, 15) is 24.3 Å². The van der Waals surface area contributed by atoms with Crippen LogP contribution in [0.25, 0.3) is 0 Å². The third-order valence-corrected chi connectivity index (χ3v) is 11.0. The molecule has 50 heavy (non-hydrogen) atoms. The van der Waals surface area contributed by atoms with Crippen LogP contribution in [0.1, 0.15) is 99.7 Å². The Morgan fingerprint density at radius 1 is 0.940 bits per heavy atom. The smallest absolute Gasteiger partial charge is 0.245 e. The number of rotatable bonds is 19. The van der Waals surface area contributed by atoms with Crippen molar-refractivity contribution in [3.63, 3.8) is 0 Å². The lowest BCUT2D eigenvalue weighted by Crippen LogP contribution is -2.59. The highest BCUT2D eigenvalue weighted by Gasteiger charge is 2.42. The molecule has 1 aliphatic rings. The number of likely N-dealkylation sites (N-methyl/N-ethyl adjacent to an activating group) is 2. The summed E-state index contributed by atoms with van der Waals surface area (Å²) in [7, 11) is 5.06. The molecule has 1 fully saturated rings. The van der Waals surface area contributed by atoms with E-state index in [0.29, 0.717) is 6.54 Å². The molecule has 1 aromatic carbocycles. The van der Waals surface area contributed by atoms with Crippen molar-refractivity contribution in [3.05, 3.63) is 35.9 Å². The summed E-state index contributed by atoms with van der Waals surface area (Å²) in [6.45, 7) is 18.1. The zero-order chi connectivity index (χ0) is 37.9. The number of ether oxygens (including phenoxy) is 1. The van der Waals surface area contributed by atoms with Crippen molar-refractivity contribution < 1.29 is 29.0 Å². The van der Waals surface area contributed by atoms with Crippen molar-refractivity contribution in [1.29, 1.82) is 0 Å². The molecule has 11 nitrogen and oxygen atoms in total. The van der Waals surface area contributed by atoms with Crippen LogP contribution >= 0.6 is 0 Å². The summed E-state index contributed by atoms with van der Waals surface area (Å²) in [4.78, 5) is 58.2. The predicted octanol–water partition coefficient (Wildman–Crippen LogP) is 4.15. The molecule has 0 saturated carbocycles. The van der Waals surface area contributed by atoms with Crippen molar-refractivity contribution >= 4 is 23.6 Å². The van der Waals surface area contributed by atoms with Gasteiger partial charge in [-0.3, -0.25) is 19.2 Å². The summed E-state index contributed by atoms with van der Waals surface area (Å²) >= 11 is 0. The van der Waals surface area contributed by atoms with Gasteiger partial charge in [-0.25, -0.2) is 0 Å². The molecule has 11 heteroatoms. The Balaban J connectivity index is 2.20. The van der Waals surface area contributed by atoms with Crippen LogP contribution in [0, 0.1) is 29.6 Å². The molecule has 4 amide bonds. The summed E-state index contributed by atoms with van der Waals surface area (Å²) in [6, 6.07) is 7.07. The number of carbonyl (C=O) groups is 4. The number of likely N-dealkylation sites (tertiary alicyclic amines) is 1. The van der Waals surface area contributed by atoms with Gasteiger partial charge in [-0.2, -0.15) is 0 Å². The van der Waals surface area contributed by atoms with Gasteiger partial charge in [0.2, 0.25) is 23.6 Å².